The van der Waals surface area contributed by atoms with Crippen molar-refractivity contribution in [2.45, 2.75) is 24.5 Å². The standard InChI is InChI=1S/C19H22F2N2O2S/c1-14-6-5-8-16(15(14)2)22-10-12-23(13-11-22)17-7-3-4-9-18(17)26(24,25)19(20)21/h3-9,19H,10-13H2,1-2H3. The third-order valence-corrected chi connectivity index (χ3v) is 6.37. The Labute approximate surface area is 153 Å². The van der Waals surface area contributed by atoms with Crippen molar-refractivity contribution < 1.29 is 17.2 Å². The van der Waals surface area contributed by atoms with Crippen molar-refractivity contribution >= 4 is 21.2 Å². The number of para-hydroxylation sites is 1. The Balaban J connectivity index is 1.82. The summed E-state index contributed by atoms with van der Waals surface area (Å²) in [5.74, 6) is -3.42. The van der Waals surface area contributed by atoms with Gasteiger partial charge in [-0.25, -0.2) is 8.42 Å². The second-order valence-corrected chi connectivity index (χ2v) is 8.35. The van der Waals surface area contributed by atoms with Crippen LogP contribution in [0.25, 0.3) is 0 Å². The Morgan fingerprint density at radius 3 is 2.00 bits per heavy atom. The molecule has 1 aliphatic rings. The van der Waals surface area contributed by atoms with Crippen molar-refractivity contribution in [1.82, 2.24) is 0 Å². The molecule has 140 valence electrons. The molecule has 0 saturated carbocycles. The molecule has 26 heavy (non-hydrogen) atoms. The van der Waals surface area contributed by atoms with E-state index in [2.05, 4.69) is 30.9 Å². The zero-order valence-corrected chi connectivity index (χ0v) is 15.6. The molecule has 3 rings (SSSR count). The molecule has 0 aliphatic carbocycles. The largest absolute Gasteiger partial charge is 0.368 e. The second kappa shape index (κ2) is 7.23. The van der Waals surface area contributed by atoms with Crippen molar-refractivity contribution in [3.63, 3.8) is 0 Å². The van der Waals surface area contributed by atoms with Gasteiger partial charge in [-0.15, -0.1) is 0 Å². The molecule has 7 heteroatoms. The number of alkyl halides is 2. The average Bonchev–Trinajstić information content (AvgIpc) is 2.64. The third kappa shape index (κ3) is 3.40. The number of hydrogen-bond donors (Lipinski definition) is 0. The molecular formula is C19H22F2N2O2S. The van der Waals surface area contributed by atoms with Gasteiger partial charge >= 0.3 is 5.76 Å². The van der Waals surface area contributed by atoms with E-state index in [4.69, 9.17) is 0 Å². The fourth-order valence-corrected chi connectivity index (χ4v) is 4.27. The number of piperazine rings is 1. The van der Waals surface area contributed by atoms with Gasteiger partial charge in [0.2, 0.25) is 9.84 Å². The maximum absolute atomic E-state index is 13.0. The lowest BCUT2D eigenvalue weighted by atomic mass is 10.1. The highest BCUT2D eigenvalue weighted by molar-refractivity contribution is 7.91. The van der Waals surface area contributed by atoms with E-state index in [9.17, 15) is 17.2 Å². The smallest absolute Gasteiger partial charge is 0.341 e. The van der Waals surface area contributed by atoms with Crippen LogP contribution in [-0.2, 0) is 9.84 Å². The number of nitrogens with zero attached hydrogens (tertiary/aromatic N) is 2. The minimum absolute atomic E-state index is 0.296. The fraction of sp³-hybridized carbons (Fsp3) is 0.368. The summed E-state index contributed by atoms with van der Waals surface area (Å²) >= 11 is 0. The predicted octanol–water partition coefficient (Wildman–Crippen LogP) is 3.63. The van der Waals surface area contributed by atoms with Gasteiger partial charge in [-0.1, -0.05) is 24.3 Å². The molecule has 1 aliphatic heterocycles. The van der Waals surface area contributed by atoms with E-state index in [1.807, 2.05) is 11.0 Å². The summed E-state index contributed by atoms with van der Waals surface area (Å²) in [6, 6.07) is 12.2. The molecule has 1 fully saturated rings. The highest BCUT2D eigenvalue weighted by atomic mass is 32.2. The Bertz CT molecular complexity index is 892. The number of aryl methyl sites for hydroxylation is 1. The topological polar surface area (TPSA) is 40.6 Å². The fourth-order valence-electron chi connectivity index (χ4n) is 3.32. The van der Waals surface area contributed by atoms with E-state index < -0.39 is 15.6 Å². The molecule has 0 atom stereocenters. The van der Waals surface area contributed by atoms with E-state index in [1.165, 1.54) is 23.3 Å². The van der Waals surface area contributed by atoms with Crippen molar-refractivity contribution in [2.24, 2.45) is 0 Å². The van der Waals surface area contributed by atoms with Gasteiger partial charge in [-0.05, 0) is 43.2 Å². The zero-order valence-electron chi connectivity index (χ0n) is 14.8. The Morgan fingerprint density at radius 1 is 0.846 bits per heavy atom. The van der Waals surface area contributed by atoms with Gasteiger partial charge in [0, 0.05) is 31.9 Å². The van der Waals surface area contributed by atoms with E-state index >= 15 is 0 Å². The van der Waals surface area contributed by atoms with Gasteiger partial charge < -0.3 is 9.80 Å². The summed E-state index contributed by atoms with van der Waals surface area (Å²) in [6.07, 6.45) is 0. The van der Waals surface area contributed by atoms with Gasteiger partial charge in [-0.3, -0.25) is 0 Å². The Morgan fingerprint density at radius 2 is 1.38 bits per heavy atom. The first-order chi connectivity index (χ1) is 12.3. The molecular weight excluding hydrogens is 358 g/mol. The monoisotopic (exact) mass is 380 g/mol. The summed E-state index contributed by atoms with van der Waals surface area (Å²) in [5, 5.41) is 0. The van der Waals surface area contributed by atoms with Crippen LogP contribution in [0.4, 0.5) is 20.2 Å². The first-order valence-corrected chi connectivity index (χ1v) is 10.0. The summed E-state index contributed by atoms with van der Waals surface area (Å²) in [7, 11) is -4.62. The normalized spacial score (nSPS) is 15.6. The van der Waals surface area contributed by atoms with Crippen LogP contribution in [0.5, 0.6) is 0 Å². The van der Waals surface area contributed by atoms with E-state index in [0.717, 1.165) is 5.69 Å². The number of halogens is 2. The molecule has 4 nitrogen and oxygen atoms in total. The number of sulfone groups is 1. The Kier molecular flexibility index (Phi) is 5.18. The number of rotatable bonds is 4. The van der Waals surface area contributed by atoms with E-state index in [-0.39, 0.29) is 4.90 Å². The first kappa shape index (κ1) is 18.6. The van der Waals surface area contributed by atoms with Gasteiger partial charge in [-0.2, -0.15) is 8.78 Å². The van der Waals surface area contributed by atoms with Crippen LogP contribution < -0.4 is 9.80 Å². The quantitative estimate of drug-likeness (QED) is 0.812. The van der Waals surface area contributed by atoms with Crippen molar-refractivity contribution in [3.05, 3.63) is 53.6 Å². The highest BCUT2D eigenvalue weighted by Gasteiger charge is 2.31. The lowest BCUT2D eigenvalue weighted by molar-refractivity contribution is 0.235. The molecule has 0 bridgehead atoms. The minimum Gasteiger partial charge on any atom is -0.368 e. The number of anilines is 2. The van der Waals surface area contributed by atoms with Crippen molar-refractivity contribution in [3.8, 4) is 0 Å². The summed E-state index contributed by atoms with van der Waals surface area (Å²) in [6.45, 7) is 6.70. The molecule has 1 heterocycles. The van der Waals surface area contributed by atoms with Gasteiger partial charge in [0.05, 0.1) is 10.6 Å². The van der Waals surface area contributed by atoms with Gasteiger partial charge in [0.25, 0.3) is 0 Å². The molecule has 0 aromatic heterocycles. The van der Waals surface area contributed by atoms with Crippen molar-refractivity contribution in [2.75, 3.05) is 36.0 Å². The van der Waals surface area contributed by atoms with Crippen molar-refractivity contribution in [1.29, 1.82) is 0 Å². The number of hydrogen-bond acceptors (Lipinski definition) is 4. The molecule has 0 radical (unpaired) electrons. The first-order valence-electron chi connectivity index (χ1n) is 8.49. The second-order valence-electron chi connectivity index (χ2n) is 6.47. The lowest BCUT2D eigenvalue weighted by Gasteiger charge is -2.38. The van der Waals surface area contributed by atoms with Crippen LogP contribution in [0, 0.1) is 13.8 Å². The molecule has 2 aromatic rings. The number of benzene rings is 2. The maximum Gasteiger partial charge on any atom is 0.341 e. The highest BCUT2D eigenvalue weighted by Crippen LogP contribution is 2.31. The van der Waals surface area contributed by atoms with Crippen LogP contribution in [0.2, 0.25) is 0 Å². The summed E-state index contributed by atoms with van der Waals surface area (Å²) < 4.78 is 49.9. The minimum atomic E-state index is -4.62. The Hall–Kier alpha value is -2.15. The van der Waals surface area contributed by atoms with Gasteiger partial charge in [0.1, 0.15) is 0 Å². The SMILES string of the molecule is Cc1cccc(N2CCN(c3ccccc3S(=O)(=O)C(F)F)CC2)c1C. The van der Waals surface area contributed by atoms with Crippen LogP contribution in [0.3, 0.4) is 0 Å². The molecule has 0 N–H and O–H groups in total. The van der Waals surface area contributed by atoms with E-state index in [0.29, 0.717) is 31.9 Å². The van der Waals surface area contributed by atoms with E-state index in [1.54, 1.807) is 12.1 Å². The summed E-state index contributed by atoms with van der Waals surface area (Å²) in [5.41, 5.74) is 3.96. The van der Waals surface area contributed by atoms with Crippen LogP contribution in [0.1, 0.15) is 11.1 Å². The molecule has 2 aromatic carbocycles. The lowest BCUT2D eigenvalue weighted by Crippen LogP contribution is -2.47. The molecule has 0 spiro atoms. The third-order valence-electron chi connectivity index (χ3n) is 4.94. The molecule has 0 unspecified atom stereocenters. The van der Waals surface area contributed by atoms with Crippen LogP contribution >= 0.6 is 0 Å². The average molecular weight is 380 g/mol. The van der Waals surface area contributed by atoms with Gasteiger partial charge in [0.15, 0.2) is 0 Å². The van der Waals surface area contributed by atoms with Crippen LogP contribution in [-0.4, -0.2) is 40.4 Å². The molecule has 0 amide bonds. The summed E-state index contributed by atoms with van der Waals surface area (Å²) in [4.78, 5) is 3.83. The molecule has 1 saturated heterocycles. The van der Waals surface area contributed by atoms with Crippen LogP contribution in [0.15, 0.2) is 47.4 Å². The zero-order chi connectivity index (χ0) is 18.9. The maximum atomic E-state index is 13.0. The predicted molar refractivity (Wildman–Crippen MR) is 100.0 cm³/mol.